The molecule has 2 nitrogen and oxygen atoms in total. The van der Waals surface area contributed by atoms with E-state index in [0.717, 1.165) is 19.6 Å². The van der Waals surface area contributed by atoms with E-state index in [2.05, 4.69) is 84.3 Å². The highest BCUT2D eigenvalue weighted by Gasteiger charge is 2.20. The van der Waals surface area contributed by atoms with E-state index in [0.29, 0.717) is 9.65 Å². The first-order valence-electron chi connectivity index (χ1n) is 5.40. The van der Waals surface area contributed by atoms with E-state index in [1.54, 1.807) is 0 Å². The van der Waals surface area contributed by atoms with Gasteiger partial charge in [-0.15, -0.1) is 0 Å². The van der Waals surface area contributed by atoms with Crippen LogP contribution in [-0.4, -0.2) is 45.0 Å². The number of hydrogen-bond acceptors (Lipinski definition) is 1. The van der Waals surface area contributed by atoms with Crippen LogP contribution in [0.1, 0.15) is 0 Å². The van der Waals surface area contributed by atoms with E-state index in [-0.39, 0.29) is 0 Å². The summed E-state index contributed by atoms with van der Waals surface area (Å²) in [6.45, 7) is 3.09. The predicted molar refractivity (Wildman–Crippen MR) is 75.6 cm³/mol. The van der Waals surface area contributed by atoms with Crippen LogP contribution in [0.15, 0.2) is 36.7 Å². The maximum Gasteiger partial charge on any atom is 0.165 e. The quantitative estimate of drug-likeness (QED) is 0.562. The van der Waals surface area contributed by atoms with E-state index >= 15 is 0 Å². The molecule has 0 bridgehead atoms. The van der Waals surface area contributed by atoms with E-state index in [1.165, 1.54) is 0 Å². The van der Waals surface area contributed by atoms with Crippen LogP contribution < -0.4 is 0 Å². The third-order valence-corrected chi connectivity index (χ3v) is 5.02. The Bertz CT molecular complexity index is 358. The Hall–Kier alpha value is -0.350. The molecular formula is C12H15Br2N2+. The Balaban J connectivity index is 1.82. The molecule has 0 aromatic heterocycles. The van der Waals surface area contributed by atoms with Gasteiger partial charge in [-0.25, -0.2) is 4.58 Å². The minimum absolute atomic E-state index is 0.384. The average Bonchev–Trinajstić information content (AvgIpc) is 2.32. The fourth-order valence-electron chi connectivity index (χ4n) is 1.68. The van der Waals surface area contributed by atoms with Crippen LogP contribution in [0.4, 0.5) is 0 Å². The van der Waals surface area contributed by atoms with Gasteiger partial charge in [0.2, 0.25) is 0 Å². The molecule has 0 N–H and O–H groups in total. The number of allylic oxidation sites excluding steroid dienone is 3. The Kier molecular flexibility index (Phi) is 4.41. The molecule has 16 heavy (non-hydrogen) atoms. The highest BCUT2D eigenvalue weighted by Crippen LogP contribution is 2.16. The first-order valence-corrected chi connectivity index (χ1v) is 7.23. The van der Waals surface area contributed by atoms with Crippen LogP contribution >= 0.6 is 31.9 Å². The van der Waals surface area contributed by atoms with Crippen LogP contribution in [0.5, 0.6) is 0 Å². The predicted octanol–water partition coefficient (Wildman–Crippen LogP) is 2.51. The van der Waals surface area contributed by atoms with Crippen molar-refractivity contribution in [2.45, 2.75) is 9.65 Å². The molecule has 86 valence electrons. The Morgan fingerprint density at radius 2 is 2.12 bits per heavy atom. The van der Waals surface area contributed by atoms with Gasteiger partial charge in [-0.3, -0.25) is 0 Å². The van der Waals surface area contributed by atoms with Gasteiger partial charge in [0.05, 0.1) is 11.4 Å². The van der Waals surface area contributed by atoms with Crippen LogP contribution in [0.3, 0.4) is 0 Å². The third-order valence-electron chi connectivity index (χ3n) is 2.63. The lowest BCUT2D eigenvalue weighted by atomic mass is 10.2. The summed E-state index contributed by atoms with van der Waals surface area (Å²) in [6.07, 6.45) is 15.0. The molecule has 2 aliphatic rings. The van der Waals surface area contributed by atoms with Crippen molar-refractivity contribution >= 4 is 38.1 Å². The van der Waals surface area contributed by atoms with Gasteiger partial charge in [0.1, 0.15) is 4.83 Å². The van der Waals surface area contributed by atoms with Crippen molar-refractivity contribution in [1.82, 2.24) is 4.90 Å². The van der Waals surface area contributed by atoms with Crippen molar-refractivity contribution in [2.75, 3.05) is 19.6 Å². The SMILES string of the molecule is BrC1C=C[N+](CCN2C=CC=CC2)=CC1Br. The Morgan fingerprint density at radius 1 is 1.25 bits per heavy atom. The molecule has 2 aliphatic heterocycles. The smallest absolute Gasteiger partial charge is 0.165 e. The van der Waals surface area contributed by atoms with Crippen LogP contribution in [-0.2, 0) is 0 Å². The molecule has 0 radical (unpaired) electrons. The number of nitrogens with zero attached hydrogens (tertiary/aromatic N) is 2. The molecule has 2 rings (SSSR count). The zero-order valence-electron chi connectivity index (χ0n) is 8.97. The normalized spacial score (nSPS) is 28.4. The monoisotopic (exact) mass is 345 g/mol. The van der Waals surface area contributed by atoms with Gasteiger partial charge >= 0.3 is 0 Å². The van der Waals surface area contributed by atoms with E-state index in [9.17, 15) is 0 Å². The molecule has 0 saturated carbocycles. The minimum atomic E-state index is 0.384. The number of alkyl halides is 2. The van der Waals surface area contributed by atoms with Gasteiger partial charge in [0.15, 0.2) is 19.0 Å². The van der Waals surface area contributed by atoms with Crippen molar-refractivity contribution in [2.24, 2.45) is 0 Å². The van der Waals surface area contributed by atoms with Crippen molar-refractivity contribution in [3.63, 3.8) is 0 Å². The lowest BCUT2D eigenvalue weighted by Gasteiger charge is -2.19. The van der Waals surface area contributed by atoms with Gasteiger partial charge in [-0.1, -0.05) is 44.0 Å². The average molecular weight is 347 g/mol. The molecule has 0 aromatic rings. The number of hydrogen-bond donors (Lipinski definition) is 0. The highest BCUT2D eigenvalue weighted by atomic mass is 79.9. The van der Waals surface area contributed by atoms with Crippen molar-refractivity contribution in [3.05, 3.63) is 36.7 Å². The zero-order chi connectivity index (χ0) is 11.4. The molecule has 4 heteroatoms. The van der Waals surface area contributed by atoms with Gasteiger partial charge in [-0.05, 0) is 18.4 Å². The summed E-state index contributed by atoms with van der Waals surface area (Å²) in [5.74, 6) is 0. The summed E-state index contributed by atoms with van der Waals surface area (Å²) in [4.78, 5) is 3.10. The molecule has 0 aliphatic carbocycles. The van der Waals surface area contributed by atoms with Gasteiger partial charge in [-0.2, -0.15) is 0 Å². The van der Waals surface area contributed by atoms with Gasteiger partial charge in [0, 0.05) is 6.54 Å². The third kappa shape index (κ3) is 3.32. The molecule has 0 spiro atoms. The van der Waals surface area contributed by atoms with Crippen molar-refractivity contribution in [1.29, 1.82) is 0 Å². The number of halogens is 2. The van der Waals surface area contributed by atoms with Crippen LogP contribution in [0.2, 0.25) is 0 Å². The van der Waals surface area contributed by atoms with Crippen LogP contribution in [0.25, 0.3) is 0 Å². The summed E-state index contributed by atoms with van der Waals surface area (Å²) in [6, 6.07) is 0. The Morgan fingerprint density at radius 3 is 2.81 bits per heavy atom. The highest BCUT2D eigenvalue weighted by molar-refractivity contribution is 9.12. The summed E-state index contributed by atoms with van der Waals surface area (Å²) in [5.41, 5.74) is 0. The van der Waals surface area contributed by atoms with Gasteiger partial charge < -0.3 is 4.90 Å². The number of rotatable bonds is 3. The lowest BCUT2D eigenvalue weighted by molar-refractivity contribution is -0.454. The summed E-state index contributed by atoms with van der Waals surface area (Å²) < 4.78 is 2.24. The lowest BCUT2D eigenvalue weighted by Crippen LogP contribution is -2.31. The second-order valence-corrected chi connectivity index (χ2v) is 6.00. The zero-order valence-corrected chi connectivity index (χ0v) is 12.1. The standard InChI is InChI=1S/C12H15Br2N2/c13-11-4-7-16(10-12(11)14)9-8-15-5-2-1-3-6-15/h1-5,7,10-12H,6,8-9H2/q+1. The molecular weight excluding hydrogens is 332 g/mol. The molecule has 2 unspecified atom stereocenters. The second kappa shape index (κ2) is 5.82. The molecule has 2 heterocycles. The van der Waals surface area contributed by atoms with E-state index in [4.69, 9.17) is 0 Å². The van der Waals surface area contributed by atoms with Crippen LogP contribution in [0, 0.1) is 0 Å². The minimum Gasteiger partial charge on any atom is -0.367 e. The van der Waals surface area contributed by atoms with Crippen molar-refractivity contribution in [3.8, 4) is 0 Å². The second-order valence-electron chi connectivity index (χ2n) is 3.88. The van der Waals surface area contributed by atoms with E-state index < -0.39 is 0 Å². The fraction of sp³-hybridized carbons (Fsp3) is 0.417. The van der Waals surface area contributed by atoms with E-state index in [1.807, 2.05) is 0 Å². The first-order chi connectivity index (χ1) is 7.75. The molecule has 0 fully saturated rings. The fourth-order valence-corrected chi connectivity index (χ4v) is 2.43. The molecule has 0 saturated heterocycles. The molecule has 0 amide bonds. The summed E-state index contributed by atoms with van der Waals surface area (Å²) in [5, 5.41) is 0. The Labute approximate surface area is 113 Å². The maximum absolute atomic E-state index is 3.63. The molecule has 0 aromatic carbocycles. The summed E-state index contributed by atoms with van der Waals surface area (Å²) in [7, 11) is 0. The van der Waals surface area contributed by atoms with Crippen molar-refractivity contribution < 1.29 is 4.58 Å². The maximum atomic E-state index is 3.63. The van der Waals surface area contributed by atoms with Gasteiger partial charge in [0.25, 0.3) is 0 Å². The topological polar surface area (TPSA) is 6.25 Å². The summed E-state index contributed by atoms with van der Waals surface area (Å²) >= 11 is 7.21. The first kappa shape index (κ1) is 12.1. The molecule has 2 atom stereocenters. The largest absolute Gasteiger partial charge is 0.367 e.